The summed E-state index contributed by atoms with van der Waals surface area (Å²) < 4.78 is 5.16. The minimum Gasteiger partial charge on any atom is -0.504 e. The van der Waals surface area contributed by atoms with Crippen LogP contribution >= 0.6 is 0 Å². The van der Waals surface area contributed by atoms with Crippen LogP contribution in [-0.2, 0) is 6.42 Å². The lowest BCUT2D eigenvalue weighted by Crippen LogP contribution is -2.00. The van der Waals surface area contributed by atoms with E-state index in [4.69, 9.17) is 4.74 Å². The van der Waals surface area contributed by atoms with E-state index in [1.54, 1.807) is 7.11 Å². The number of phenolic OH excluding ortho intramolecular Hbond substituents is 1. The van der Waals surface area contributed by atoms with Gasteiger partial charge in [-0.25, -0.2) is 0 Å². The summed E-state index contributed by atoms with van der Waals surface area (Å²) in [5.41, 5.74) is 2.53. The van der Waals surface area contributed by atoms with Crippen molar-refractivity contribution < 1.29 is 9.84 Å². The second-order valence-corrected chi connectivity index (χ2v) is 4.27. The van der Waals surface area contributed by atoms with Gasteiger partial charge in [-0.15, -0.1) is 0 Å². The highest BCUT2D eigenvalue weighted by Crippen LogP contribution is 2.34. The third-order valence-corrected chi connectivity index (χ3v) is 3.07. The zero-order valence-electron chi connectivity index (χ0n) is 10.7. The summed E-state index contributed by atoms with van der Waals surface area (Å²) in [5, 5.41) is 9.73. The molecule has 0 aliphatic carbocycles. The van der Waals surface area contributed by atoms with Crippen molar-refractivity contribution in [2.75, 3.05) is 7.11 Å². The molecule has 2 heteroatoms. The highest BCUT2D eigenvalue weighted by atomic mass is 16.5. The quantitative estimate of drug-likeness (QED) is 0.819. The van der Waals surface area contributed by atoms with Crippen molar-refractivity contribution in [3.05, 3.63) is 23.3 Å². The molecule has 1 aromatic rings. The molecule has 0 radical (unpaired) electrons. The van der Waals surface area contributed by atoms with Gasteiger partial charge in [0.2, 0.25) is 0 Å². The van der Waals surface area contributed by atoms with Crippen LogP contribution in [0.15, 0.2) is 12.1 Å². The summed E-state index contributed by atoms with van der Waals surface area (Å²) in [6.07, 6.45) is 3.29. The molecule has 0 heterocycles. The smallest absolute Gasteiger partial charge is 0.160 e. The van der Waals surface area contributed by atoms with Gasteiger partial charge < -0.3 is 9.84 Å². The maximum Gasteiger partial charge on any atom is 0.160 e. The maximum atomic E-state index is 9.73. The van der Waals surface area contributed by atoms with E-state index in [1.807, 2.05) is 12.1 Å². The predicted molar refractivity (Wildman–Crippen MR) is 67.4 cm³/mol. The van der Waals surface area contributed by atoms with E-state index in [0.717, 1.165) is 6.42 Å². The fraction of sp³-hybridized carbons (Fsp3) is 0.571. The van der Waals surface area contributed by atoms with E-state index in [2.05, 4.69) is 20.8 Å². The first-order chi connectivity index (χ1) is 7.63. The lowest BCUT2D eigenvalue weighted by Gasteiger charge is -2.17. The molecule has 0 saturated carbocycles. The highest BCUT2D eigenvalue weighted by molar-refractivity contribution is 5.47. The van der Waals surface area contributed by atoms with E-state index in [1.165, 1.54) is 24.0 Å². The SMILES string of the molecule is CCC[C@H](C)c1cc(OC)c(O)cc1CC. The lowest BCUT2D eigenvalue weighted by atomic mass is 9.90. The van der Waals surface area contributed by atoms with Crippen LogP contribution in [0.5, 0.6) is 11.5 Å². The maximum absolute atomic E-state index is 9.73. The van der Waals surface area contributed by atoms with Gasteiger partial charge in [0.05, 0.1) is 7.11 Å². The van der Waals surface area contributed by atoms with Gasteiger partial charge in [0.25, 0.3) is 0 Å². The number of rotatable bonds is 5. The number of hydrogen-bond acceptors (Lipinski definition) is 2. The average molecular weight is 222 g/mol. The molecule has 1 rings (SSSR count). The molecular weight excluding hydrogens is 200 g/mol. The number of aromatic hydroxyl groups is 1. The lowest BCUT2D eigenvalue weighted by molar-refractivity contribution is 0.372. The summed E-state index contributed by atoms with van der Waals surface area (Å²) >= 11 is 0. The van der Waals surface area contributed by atoms with Gasteiger partial charge in [-0.05, 0) is 42.0 Å². The summed E-state index contributed by atoms with van der Waals surface area (Å²) in [6, 6.07) is 3.81. The minimum atomic E-state index is 0.242. The number of methoxy groups -OCH3 is 1. The Morgan fingerprint density at radius 1 is 1.31 bits per heavy atom. The van der Waals surface area contributed by atoms with Crippen LogP contribution in [-0.4, -0.2) is 12.2 Å². The normalized spacial score (nSPS) is 12.5. The molecular formula is C14H22O2. The summed E-state index contributed by atoms with van der Waals surface area (Å²) in [4.78, 5) is 0. The fourth-order valence-electron chi connectivity index (χ4n) is 2.14. The van der Waals surface area contributed by atoms with Crippen molar-refractivity contribution in [2.45, 2.75) is 46.0 Å². The molecule has 0 aromatic heterocycles. The van der Waals surface area contributed by atoms with Gasteiger partial charge >= 0.3 is 0 Å². The van der Waals surface area contributed by atoms with E-state index in [-0.39, 0.29) is 5.75 Å². The molecule has 1 atom stereocenters. The van der Waals surface area contributed by atoms with Crippen LogP contribution in [0.2, 0.25) is 0 Å². The van der Waals surface area contributed by atoms with Crippen LogP contribution in [0.25, 0.3) is 0 Å². The van der Waals surface area contributed by atoms with E-state index < -0.39 is 0 Å². The van der Waals surface area contributed by atoms with Gasteiger partial charge in [-0.2, -0.15) is 0 Å². The number of ether oxygens (including phenoxy) is 1. The second kappa shape index (κ2) is 5.78. The first-order valence-electron chi connectivity index (χ1n) is 6.03. The zero-order chi connectivity index (χ0) is 12.1. The summed E-state index contributed by atoms with van der Waals surface area (Å²) in [5.74, 6) is 1.34. The molecule has 0 bridgehead atoms. The van der Waals surface area contributed by atoms with E-state index in [9.17, 15) is 5.11 Å². The topological polar surface area (TPSA) is 29.5 Å². The van der Waals surface area contributed by atoms with Gasteiger partial charge in [-0.3, -0.25) is 0 Å². The van der Waals surface area contributed by atoms with Crippen molar-refractivity contribution in [3.63, 3.8) is 0 Å². The third kappa shape index (κ3) is 2.69. The Bertz CT molecular complexity index is 345. The number of aryl methyl sites for hydroxylation is 1. The number of benzene rings is 1. The molecule has 0 spiro atoms. The fourth-order valence-corrected chi connectivity index (χ4v) is 2.14. The van der Waals surface area contributed by atoms with Crippen molar-refractivity contribution in [1.82, 2.24) is 0 Å². The molecule has 0 fully saturated rings. The van der Waals surface area contributed by atoms with Crippen molar-refractivity contribution in [1.29, 1.82) is 0 Å². The molecule has 16 heavy (non-hydrogen) atoms. The largest absolute Gasteiger partial charge is 0.504 e. The summed E-state index contributed by atoms with van der Waals surface area (Å²) in [6.45, 7) is 6.54. The number of hydrogen-bond donors (Lipinski definition) is 1. The van der Waals surface area contributed by atoms with Gasteiger partial charge in [0.15, 0.2) is 11.5 Å². The van der Waals surface area contributed by atoms with Gasteiger partial charge in [0, 0.05) is 0 Å². The monoisotopic (exact) mass is 222 g/mol. The first kappa shape index (κ1) is 12.9. The van der Waals surface area contributed by atoms with Gasteiger partial charge in [0.1, 0.15) is 0 Å². The minimum absolute atomic E-state index is 0.242. The van der Waals surface area contributed by atoms with Crippen molar-refractivity contribution >= 4 is 0 Å². The Balaban J connectivity index is 3.13. The van der Waals surface area contributed by atoms with Gasteiger partial charge in [-0.1, -0.05) is 27.2 Å². The Labute approximate surface area is 98.3 Å². The molecule has 0 aliphatic heterocycles. The van der Waals surface area contributed by atoms with E-state index >= 15 is 0 Å². The molecule has 1 aromatic carbocycles. The van der Waals surface area contributed by atoms with Crippen LogP contribution in [0.4, 0.5) is 0 Å². The van der Waals surface area contributed by atoms with Crippen LogP contribution in [0.3, 0.4) is 0 Å². The Hall–Kier alpha value is -1.18. The molecule has 0 saturated heterocycles. The molecule has 2 nitrogen and oxygen atoms in total. The van der Waals surface area contributed by atoms with Crippen LogP contribution in [0.1, 0.15) is 50.7 Å². The molecule has 90 valence electrons. The van der Waals surface area contributed by atoms with Crippen LogP contribution < -0.4 is 4.74 Å². The van der Waals surface area contributed by atoms with Crippen LogP contribution in [0, 0.1) is 0 Å². The van der Waals surface area contributed by atoms with Crippen molar-refractivity contribution in [2.24, 2.45) is 0 Å². The first-order valence-corrected chi connectivity index (χ1v) is 6.03. The average Bonchev–Trinajstić information content (AvgIpc) is 2.28. The Kier molecular flexibility index (Phi) is 4.66. The molecule has 0 amide bonds. The third-order valence-electron chi connectivity index (χ3n) is 3.07. The summed E-state index contributed by atoms with van der Waals surface area (Å²) in [7, 11) is 1.59. The molecule has 1 N–H and O–H groups in total. The zero-order valence-corrected chi connectivity index (χ0v) is 10.7. The van der Waals surface area contributed by atoms with E-state index in [0.29, 0.717) is 11.7 Å². The molecule has 0 unspecified atom stereocenters. The predicted octanol–water partition coefficient (Wildman–Crippen LogP) is 3.87. The Morgan fingerprint density at radius 2 is 2.00 bits per heavy atom. The number of phenols is 1. The standard InChI is InChI=1S/C14H22O2/c1-5-7-10(3)12-9-14(16-4)13(15)8-11(12)6-2/h8-10,15H,5-7H2,1-4H3/t10-/m0/s1. The molecule has 0 aliphatic rings. The Morgan fingerprint density at radius 3 is 2.50 bits per heavy atom. The second-order valence-electron chi connectivity index (χ2n) is 4.27. The highest BCUT2D eigenvalue weighted by Gasteiger charge is 2.13. The van der Waals surface area contributed by atoms with Crippen molar-refractivity contribution in [3.8, 4) is 11.5 Å².